The monoisotopic (exact) mass is 221 g/mol. The minimum atomic E-state index is -0.622. The van der Waals surface area contributed by atoms with Crippen LogP contribution in [0, 0.1) is 6.07 Å². The fourth-order valence-electron chi connectivity index (χ4n) is 1.08. The summed E-state index contributed by atoms with van der Waals surface area (Å²) in [5.41, 5.74) is 0.937. The van der Waals surface area contributed by atoms with Crippen LogP contribution in [0.2, 0.25) is 0 Å². The zero-order chi connectivity index (χ0) is 11.8. The van der Waals surface area contributed by atoms with Crippen molar-refractivity contribution in [2.24, 2.45) is 0 Å². The molecule has 1 unspecified atom stereocenters. The second-order valence-electron chi connectivity index (χ2n) is 3.67. The Balaban J connectivity index is 2.15. The van der Waals surface area contributed by atoms with Gasteiger partial charge in [0.2, 0.25) is 0 Å². The molecule has 0 heterocycles. The lowest BCUT2D eigenvalue weighted by Gasteiger charge is -2.12. The van der Waals surface area contributed by atoms with Crippen LogP contribution in [-0.4, -0.2) is 31.0 Å². The molecular formula is C13H17O3. The van der Waals surface area contributed by atoms with E-state index in [-0.39, 0.29) is 13.2 Å². The van der Waals surface area contributed by atoms with Gasteiger partial charge in [0.15, 0.2) is 0 Å². The topological polar surface area (TPSA) is 38.7 Å². The van der Waals surface area contributed by atoms with Crippen molar-refractivity contribution in [1.82, 2.24) is 0 Å². The number of aliphatic hydroxyl groups excluding tert-OH is 1. The number of rotatable bonds is 7. The van der Waals surface area contributed by atoms with Crippen LogP contribution in [0.25, 0.3) is 0 Å². The highest BCUT2D eigenvalue weighted by Crippen LogP contribution is 2.08. The summed E-state index contributed by atoms with van der Waals surface area (Å²) in [6.07, 6.45) is -0.622. The molecule has 1 atom stereocenters. The van der Waals surface area contributed by atoms with E-state index in [9.17, 15) is 5.11 Å². The molecule has 1 rings (SSSR count). The van der Waals surface area contributed by atoms with Gasteiger partial charge in [0.05, 0.1) is 13.2 Å². The summed E-state index contributed by atoms with van der Waals surface area (Å²) in [5.74, 6) is 0.720. The number of hydrogen-bond donors (Lipinski definition) is 1. The van der Waals surface area contributed by atoms with Crippen molar-refractivity contribution < 1.29 is 14.6 Å². The molecule has 3 heteroatoms. The summed E-state index contributed by atoms with van der Waals surface area (Å²) >= 11 is 0. The van der Waals surface area contributed by atoms with Crippen LogP contribution >= 0.6 is 0 Å². The fraction of sp³-hybridized carbons (Fsp3) is 0.385. The first-order valence-electron chi connectivity index (χ1n) is 5.17. The second-order valence-corrected chi connectivity index (χ2v) is 3.67. The van der Waals surface area contributed by atoms with Gasteiger partial charge in [-0.2, -0.15) is 0 Å². The van der Waals surface area contributed by atoms with Gasteiger partial charge in [0.25, 0.3) is 0 Å². The average Bonchev–Trinajstić information content (AvgIpc) is 2.27. The van der Waals surface area contributed by atoms with Crippen LogP contribution in [0.4, 0.5) is 0 Å². The molecule has 16 heavy (non-hydrogen) atoms. The Morgan fingerprint density at radius 3 is 2.75 bits per heavy atom. The quantitative estimate of drug-likeness (QED) is 0.714. The molecule has 0 saturated heterocycles. The third kappa shape index (κ3) is 5.53. The van der Waals surface area contributed by atoms with Crippen molar-refractivity contribution in [3.63, 3.8) is 0 Å². The molecule has 0 bridgehead atoms. The highest BCUT2D eigenvalue weighted by atomic mass is 16.5. The van der Waals surface area contributed by atoms with E-state index in [0.29, 0.717) is 6.61 Å². The lowest BCUT2D eigenvalue weighted by Crippen LogP contribution is -2.23. The normalized spacial score (nSPS) is 12.1. The molecule has 1 aromatic carbocycles. The Morgan fingerprint density at radius 2 is 2.12 bits per heavy atom. The summed E-state index contributed by atoms with van der Waals surface area (Å²) in [7, 11) is 0. The van der Waals surface area contributed by atoms with Crippen LogP contribution in [-0.2, 0) is 4.74 Å². The van der Waals surface area contributed by atoms with Gasteiger partial charge in [-0.3, -0.25) is 0 Å². The van der Waals surface area contributed by atoms with Crippen LogP contribution in [0.5, 0.6) is 5.75 Å². The minimum Gasteiger partial charge on any atom is -0.491 e. The van der Waals surface area contributed by atoms with E-state index >= 15 is 0 Å². The van der Waals surface area contributed by atoms with Gasteiger partial charge < -0.3 is 14.6 Å². The van der Waals surface area contributed by atoms with Gasteiger partial charge in [-0.25, -0.2) is 0 Å². The van der Waals surface area contributed by atoms with Crippen molar-refractivity contribution in [1.29, 1.82) is 0 Å². The third-order valence-electron chi connectivity index (χ3n) is 1.79. The lowest BCUT2D eigenvalue weighted by molar-refractivity contribution is 0.0195. The van der Waals surface area contributed by atoms with Gasteiger partial charge in [-0.15, -0.1) is 0 Å². The van der Waals surface area contributed by atoms with Crippen LogP contribution < -0.4 is 4.74 Å². The first-order valence-corrected chi connectivity index (χ1v) is 5.17. The van der Waals surface area contributed by atoms with E-state index in [1.54, 1.807) is 24.3 Å². The van der Waals surface area contributed by atoms with E-state index in [4.69, 9.17) is 9.47 Å². The zero-order valence-electron chi connectivity index (χ0n) is 9.48. The molecule has 0 aliphatic carbocycles. The van der Waals surface area contributed by atoms with Crippen LogP contribution in [0.3, 0.4) is 0 Å². The Hall–Kier alpha value is -1.32. The van der Waals surface area contributed by atoms with Crippen molar-refractivity contribution in [3.05, 3.63) is 42.5 Å². The number of aliphatic hydroxyl groups is 1. The molecule has 3 nitrogen and oxygen atoms in total. The minimum absolute atomic E-state index is 0.222. The average molecular weight is 221 g/mol. The number of benzene rings is 1. The van der Waals surface area contributed by atoms with Gasteiger partial charge in [0, 0.05) is 0 Å². The third-order valence-corrected chi connectivity index (χ3v) is 1.79. The highest BCUT2D eigenvalue weighted by molar-refractivity contribution is 5.20. The van der Waals surface area contributed by atoms with Crippen molar-refractivity contribution >= 4 is 0 Å². The Labute approximate surface area is 96.3 Å². The molecule has 1 radical (unpaired) electrons. The van der Waals surface area contributed by atoms with Gasteiger partial charge >= 0.3 is 0 Å². The molecule has 87 valence electrons. The molecule has 0 aliphatic rings. The van der Waals surface area contributed by atoms with E-state index in [1.807, 2.05) is 6.92 Å². The summed E-state index contributed by atoms with van der Waals surface area (Å²) in [6, 6.07) is 10.0. The van der Waals surface area contributed by atoms with E-state index < -0.39 is 6.10 Å². The smallest absolute Gasteiger partial charge is 0.119 e. The summed E-state index contributed by atoms with van der Waals surface area (Å²) in [6.45, 7) is 6.53. The molecule has 0 saturated carbocycles. The Kier molecular flexibility index (Phi) is 5.61. The van der Waals surface area contributed by atoms with Crippen molar-refractivity contribution in [3.8, 4) is 5.75 Å². The predicted octanol–water partition coefficient (Wildman–Crippen LogP) is 1.82. The maximum atomic E-state index is 9.54. The SMILES string of the molecule is C=C(C)COCC(O)COc1cc[c]cc1. The Morgan fingerprint density at radius 1 is 1.44 bits per heavy atom. The molecule has 0 amide bonds. The largest absolute Gasteiger partial charge is 0.491 e. The maximum absolute atomic E-state index is 9.54. The molecule has 0 aromatic heterocycles. The standard InChI is InChI=1S/C13H17O3/c1-11(2)8-15-9-12(14)10-16-13-6-4-3-5-7-13/h4-7,12,14H,1,8-10H2,2H3. The van der Waals surface area contributed by atoms with Gasteiger partial charge in [-0.05, 0) is 25.1 Å². The molecule has 0 fully saturated rings. The molecule has 1 N–H and O–H groups in total. The fourth-order valence-corrected chi connectivity index (χ4v) is 1.08. The van der Waals surface area contributed by atoms with Gasteiger partial charge in [0.1, 0.15) is 18.5 Å². The lowest BCUT2D eigenvalue weighted by atomic mass is 10.3. The first-order chi connectivity index (χ1) is 7.68. The maximum Gasteiger partial charge on any atom is 0.119 e. The van der Waals surface area contributed by atoms with Gasteiger partial charge in [-0.1, -0.05) is 24.3 Å². The van der Waals surface area contributed by atoms with E-state index in [0.717, 1.165) is 11.3 Å². The van der Waals surface area contributed by atoms with Crippen LogP contribution in [0.15, 0.2) is 36.4 Å². The number of ether oxygens (including phenoxy) is 2. The summed E-state index contributed by atoms with van der Waals surface area (Å²) < 4.78 is 10.6. The summed E-state index contributed by atoms with van der Waals surface area (Å²) in [4.78, 5) is 0. The molecule has 0 spiro atoms. The summed E-state index contributed by atoms with van der Waals surface area (Å²) in [5, 5.41) is 9.54. The zero-order valence-corrected chi connectivity index (χ0v) is 9.48. The molecular weight excluding hydrogens is 204 g/mol. The first kappa shape index (κ1) is 12.7. The second kappa shape index (κ2) is 7.04. The van der Waals surface area contributed by atoms with Crippen molar-refractivity contribution in [2.75, 3.05) is 19.8 Å². The van der Waals surface area contributed by atoms with E-state index in [1.165, 1.54) is 0 Å². The number of hydrogen-bond acceptors (Lipinski definition) is 3. The highest BCUT2D eigenvalue weighted by Gasteiger charge is 2.05. The predicted molar refractivity (Wildman–Crippen MR) is 62.4 cm³/mol. The van der Waals surface area contributed by atoms with Crippen molar-refractivity contribution in [2.45, 2.75) is 13.0 Å². The van der Waals surface area contributed by atoms with Crippen LogP contribution in [0.1, 0.15) is 6.92 Å². The van der Waals surface area contributed by atoms with E-state index in [2.05, 4.69) is 12.6 Å². The molecule has 1 aromatic rings. The molecule has 0 aliphatic heterocycles. The Bertz CT molecular complexity index is 308.